The van der Waals surface area contributed by atoms with Gasteiger partial charge in [0.2, 0.25) is 5.95 Å². The van der Waals surface area contributed by atoms with E-state index in [-0.39, 0.29) is 0 Å². The van der Waals surface area contributed by atoms with Crippen molar-refractivity contribution >= 4 is 5.95 Å². The van der Waals surface area contributed by atoms with Crippen LogP contribution in [0.3, 0.4) is 0 Å². The highest BCUT2D eigenvalue weighted by atomic mass is 16.5. The Bertz CT molecular complexity index is 326. The van der Waals surface area contributed by atoms with E-state index in [9.17, 15) is 0 Å². The molecule has 1 aromatic heterocycles. The minimum Gasteiger partial charge on any atom is -0.385 e. The van der Waals surface area contributed by atoms with Crippen molar-refractivity contribution < 1.29 is 9.47 Å². The lowest BCUT2D eigenvalue weighted by Crippen LogP contribution is -2.13. The van der Waals surface area contributed by atoms with Crippen LogP contribution in [0.1, 0.15) is 26.7 Å². The fourth-order valence-corrected chi connectivity index (χ4v) is 1.66. The van der Waals surface area contributed by atoms with Gasteiger partial charge >= 0.3 is 0 Å². The summed E-state index contributed by atoms with van der Waals surface area (Å²) in [5.41, 5.74) is 0. The molecule has 1 aromatic rings. The van der Waals surface area contributed by atoms with E-state index in [0.29, 0.717) is 5.92 Å². The third-order valence-electron chi connectivity index (χ3n) is 2.84. The highest BCUT2D eigenvalue weighted by Gasteiger charge is 2.01. The van der Waals surface area contributed by atoms with Crippen LogP contribution in [-0.2, 0) is 16.0 Å². The van der Waals surface area contributed by atoms with Crippen LogP contribution in [0.4, 0.5) is 5.95 Å². The maximum absolute atomic E-state index is 5.62. The summed E-state index contributed by atoms with van der Waals surface area (Å²) in [5, 5.41) is 3.30. The number of methoxy groups -OCH3 is 1. The number of imidazole rings is 1. The first-order chi connectivity index (χ1) is 9.24. The monoisotopic (exact) mass is 269 g/mol. The topological polar surface area (TPSA) is 48.3 Å². The van der Waals surface area contributed by atoms with Gasteiger partial charge in [-0.2, -0.15) is 0 Å². The number of aromatic nitrogens is 2. The number of hydrogen-bond donors (Lipinski definition) is 1. The summed E-state index contributed by atoms with van der Waals surface area (Å²) in [7, 11) is 1.72. The largest absolute Gasteiger partial charge is 0.385 e. The van der Waals surface area contributed by atoms with Gasteiger partial charge < -0.3 is 19.4 Å². The van der Waals surface area contributed by atoms with Gasteiger partial charge in [0, 0.05) is 45.8 Å². The number of anilines is 1. The summed E-state index contributed by atoms with van der Waals surface area (Å²) >= 11 is 0. The first kappa shape index (κ1) is 16.0. The Kier molecular flexibility index (Phi) is 8.25. The van der Waals surface area contributed by atoms with Crippen LogP contribution in [0.15, 0.2) is 12.4 Å². The van der Waals surface area contributed by atoms with Crippen molar-refractivity contribution in [3.8, 4) is 0 Å². The van der Waals surface area contributed by atoms with E-state index in [2.05, 4.69) is 28.7 Å². The molecular formula is C14H27N3O2. The van der Waals surface area contributed by atoms with Crippen molar-refractivity contribution in [1.29, 1.82) is 0 Å². The molecule has 0 aliphatic heterocycles. The Balaban J connectivity index is 2.17. The first-order valence-corrected chi connectivity index (χ1v) is 7.05. The minimum atomic E-state index is 0.700. The minimum absolute atomic E-state index is 0.700. The van der Waals surface area contributed by atoms with Crippen molar-refractivity contribution in [2.75, 3.05) is 38.8 Å². The van der Waals surface area contributed by atoms with Crippen molar-refractivity contribution in [3.63, 3.8) is 0 Å². The van der Waals surface area contributed by atoms with E-state index in [4.69, 9.17) is 9.47 Å². The van der Waals surface area contributed by atoms with Gasteiger partial charge in [0.25, 0.3) is 0 Å². The number of hydrogen-bond acceptors (Lipinski definition) is 4. The molecule has 5 nitrogen and oxygen atoms in total. The Morgan fingerprint density at radius 1 is 1.32 bits per heavy atom. The van der Waals surface area contributed by atoms with Crippen LogP contribution in [0.25, 0.3) is 0 Å². The van der Waals surface area contributed by atoms with Gasteiger partial charge in [0.15, 0.2) is 0 Å². The first-order valence-electron chi connectivity index (χ1n) is 7.05. The maximum Gasteiger partial charge on any atom is 0.202 e. The van der Waals surface area contributed by atoms with Crippen molar-refractivity contribution in [2.24, 2.45) is 5.92 Å². The quantitative estimate of drug-likeness (QED) is 0.627. The molecule has 0 spiro atoms. The van der Waals surface area contributed by atoms with E-state index >= 15 is 0 Å². The Morgan fingerprint density at radius 3 is 2.89 bits per heavy atom. The Labute approximate surface area is 116 Å². The van der Waals surface area contributed by atoms with Gasteiger partial charge in [-0.25, -0.2) is 4.98 Å². The fourth-order valence-electron chi connectivity index (χ4n) is 1.66. The van der Waals surface area contributed by atoms with E-state index < -0.39 is 0 Å². The molecule has 0 saturated heterocycles. The molecule has 110 valence electrons. The summed E-state index contributed by atoms with van der Waals surface area (Å²) in [5.74, 6) is 1.61. The Hall–Kier alpha value is -1.07. The number of ether oxygens (including phenoxy) is 2. The van der Waals surface area contributed by atoms with Crippen molar-refractivity contribution in [2.45, 2.75) is 33.2 Å². The van der Waals surface area contributed by atoms with E-state index in [1.807, 2.05) is 12.4 Å². The predicted molar refractivity (Wildman–Crippen MR) is 77.5 cm³/mol. The second-order valence-electron chi connectivity index (χ2n) is 5.01. The van der Waals surface area contributed by atoms with Gasteiger partial charge in [0.05, 0.1) is 6.61 Å². The average molecular weight is 269 g/mol. The molecular weight excluding hydrogens is 242 g/mol. The van der Waals surface area contributed by atoms with Gasteiger partial charge in [-0.05, 0) is 18.8 Å². The molecule has 0 amide bonds. The smallest absolute Gasteiger partial charge is 0.202 e. The second-order valence-corrected chi connectivity index (χ2v) is 5.01. The predicted octanol–water partition coefficient (Wildman–Crippen LogP) is 2.39. The third-order valence-corrected chi connectivity index (χ3v) is 2.84. The lowest BCUT2D eigenvalue weighted by Gasteiger charge is -2.10. The zero-order chi connectivity index (χ0) is 13.9. The molecule has 1 N–H and O–H groups in total. The standard InChI is InChI=1S/C14H27N3O2/c1-13(2)5-11-19-12-9-17-8-7-16-14(17)15-6-4-10-18-3/h7-8,13H,4-6,9-12H2,1-3H3,(H,15,16). The SMILES string of the molecule is COCCCNc1nccn1CCOCCC(C)C. The third kappa shape index (κ3) is 7.18. The number of rotatable bonds is 11. The van der Waals surface area contributed by atoms with Crippen LogP contribution < -0.4 is 5.32 Å². The molecule has 0 atom stereocenters. The van der Waals surface area contributed by atoms with Crippen LogP contribution in [-0.4, -0.2) is 43.0 Å². The lowest BCUT2D eigenvalue weighted by atomic mass is 10.1. The molecule has 0 aromatic carbocycles. The Morgan fingerprint density at radius 2 is 2.16 bits per heavy atom. The van der Waals surface area contributed by atoms with E-state index in [1.54, 1.807) is 7.11 Å². The van der Waals surface area contributed by atoms with Crippen LogP contribution >= 0.6 is 0 Å². The van der Waals surface area contributed by atoms with Crippen LogP contribution in [0, 0.1) is 5.92 Å². The van der Waals surface area contributed by atoms with Crippen molar-refractivity contribution in [1.82, 2.24) is 9.55 Å². The molecule has 0 fully saturated rings. The maximum atomic E-state index is 5.62. The van der Waals surface area contributed by atoms with Gasteiger partial charge in [-0.3, -0.25) is 0 Å². The molecule has 0 radical (unpaired) electrons. The van der Waals surface area contributed by atoms with Crippen molar-refractivity contribution in [3.05, 3.63) is 12.4 Å². The normalized spacial score (nSPS) is 11.2. The summed E-state index contributed by atoms with van der Waals surface area (Å²) in [4.78, 5) is 4.30. The lowest BCUT2D eigenvalue weighted by molar-refractivity contribution is 0.116. The van der Waals surface area contributed by atoms with Gasteiger partial charge in [-0.1, -0.05) is 13.8 Å². The van der Waals surface area contributed by atoms with Crippen LogP contribution in [0.5, 0.6) is 0 Å². The number of nitrogens with one attached hydrogen (secondary N) is 1. The molecule has 0 unspecified atom stereocenters. The number of nitrogens with zero attached hydrogens (tertiary/aromatic N) is 2. The fraction of sp³-hybridized carbons (Fsp3) is 0.786. The van der Waals surface area contributed by atoms with E-state index in [0.717, 1.165) is 51.7 Å². The van der Waals surface area contributed by atoms with Gasteiger partial charge in [0.1, 0.15) is 0 Å². The average Bonchev–Trinajstić information content (AvgIpc) is 2.81. The molecule has 0 saturated carbocycles. The highest BCUT2D eigenvalue weighted by molar-refractivity contribution is 5.25. The summed E-state index contributed by atoms with van der Waals surface area (Å²) in [6, 6.07) is 0. The summed E-state index contributed by atoms with van der Waals surface area (Å²) in [6.45, 7) is 8.47. The van der Waals surface area contributed by atoms with E-state index in [1.165, 1.54) is 0 Å². The molecule has 0 aliphatic rings. The second kappa shape index (κ2) is 9.81. The van der Waals surface area contributed by atoms with Crippen LogP contribution in [0.2, 0.25) is 0 Å². The summed E-state index contributed by atoms with van der Waals surface area (Å²) < 4.78 is 12.7. The zero-order valence-corrected chi connectivity index (χ0v) is 12.4. The summed E-state index contributed by atoms with van der Waals surface area (Å²) in [6.07, 6.45) is 5.89. The molecule has 0 bridgehead atoms. The zero-order valence-electron chi connectivity index (χ0n) is 12.4. The molecule has 1 rings (SSSR count). The molecule has 19 heavy (non-hydrogen) atoms. The molecule has 5 heteroatoms. The van der Waals surface area contributed by atoms with Gasteiger partial charge in [-0.15, -0.1) is 0 Å². The molecule has 0 aliphatic carbocycles. The highest BCUT2D eigenvalue weighted by Crippen LogP contribution is 2.05. The molecule has 1 heterocycles.